The van der Waals surface area contributed by atoms with Crippen molar-refractivity contribution in [1.82, 2.24) is 4.98 Å². The van der Waals surface area contributed by atoms with Gasteiger partial charge in [-0.25, -0.2) is 8.42 Å². The van der Waals surface area contributed by atoms with Crippen LogP contribution in [0.1, 0.15) is 31.9 Å². The molecule has 7 heteroatoms. The predicted octanol–water partition coefficient (Wildman–Crippen LogP) is 6.74. The smallest absolute Gasteiger partial charge is 0.234 e. The average Bonchev–Trinajstić information content (AvgIpc) is 3.23. The van der Waals surface area contributed by atoms with Crippen LogP contribution in [0.25, 0.3) is 11.5 Å². The summed E-state index contributed by atoms with van der Waals surface area (Å²) < 4.78 is 32.8. The first-order valence-electron chi connectivity index (χ1n) is 10.5. The fourth-order valence-corrected chi connectivity index (χ4v) is 4.74. The third-order valence-electron chi connectivity index (χ3n) is 5.27. The van der Waals surface area contributed by atoms with Crippen LogP contribution in [0.4, 0.5) is 5.88 Å². The van der Waals surface area contributed by atoms with Gasteiger partial charge in [-0.1, -0.05) is 74.8 Å². The molecule has 0 saturated heterocycles. The lowest BCUT2D eigenvalue weighted by molar-refractivity contribution is 0.575. The van der Waals surface area contributed by atoms with E-state index in [1.165, 1.54) is 24.3 Å². The number of hydrogen-bond donors (Lipinski definition) is 1. The number of sulfone groups is 1. The molecule has 4 rings (SSSR count). The minimum atomic E-state index is -3.94. The van der Waals surface area contributed by atoms with Gasteiger partial charge in [-0.05, 0) is 52.9 Å². The van der Waals surface area contributed by atoms with E-state index >= 15 is 0 Å². The highest BCUT2D eigenvalue weighted by Gasteiger charge is 2.28. The molecule has 0 fully saturated rings. The van der Waals surface area contributed by atoms with E-state index in [0.717, 1.165) is 11.1 Å². The number of aromatic nitrogens is 1. The van der Waals surface area contributed by atoms with E-state index in [2.05, 4.69) is 31.1 Å². The second-order valence-electron chi connectivity index (χ2n) is 8.78. The van der Waals surface area contributed by atoms with Crippen molar-refractivity contribution in [3.63, 3.8) is 0 Å². The molecule has 5 nitrogen and oxygen atoms in total. The third kappa shape index (κ3) is 5.13. The summed E-state index contributed by atoms with van der Waals surface area (Å²) in [6.45, 7) is 6.79. The Kier molecular flexibility index (Phi) is 6.32. The number of benzene rings is 3. The van der Waals surface area contributed by atoms with E-state index in [1.54, 1.807) is 0 Å². The zero-order valence-electron chi connectivity index (χ0n) is 18.7. The number of halogens is 1. The topological polar surface area (TPSA) is 72.2 Å². The van der Waals surface area contributed by atoms with Crippen LogP contribution < -0.4 is 5.32 Å². The number of rotatable bonds is 6. The summed E-state index contributed by atoms with van der Waals surface area (Å²) in [6.07, 6.45) is 0. The van der Waals surface area contributed by atoms with Crippen molar-refractivity contribution < 1.29 is 12.8 Å². The molecule has 0 saturated carbocycles. The van der Waals surface area contributed by atoms with Crippen LogP contribution in [0.5, 0.6) is 0 Å². The molecule has 4 aromatic rings. The molecular weight excluding hydrogens is 456 g/mol. The van der Waals surface area contributed by atoms with Crippen LogP contribution in [0.3, 0.4) is 0 Å². The summed E-state index contributed by atoms with van der Waals surface area (Å²) in [6, 6.07) is 23.5. The van der Waals surface area contributed by atoms with E-state index < -0.39 is 9.84 Å². The molecule has 170 valence electrons. The molecule has 1 heterocycles. The summed E-state index contributed by atoms with van der Waals surface area (Å²) in [5.74, 6) is 0.335. The fraction of sp³-hybridized carbons (Fsp3) is 0.192. The highest BCUT2D eigenvalue weighted by Crippen LogP contribution is 2.34. The van der Waals surface area contributed by atoms with Gasteiger partial charge in [0.25, 0.3) is 0 Å². The standard InChI is InChI=1S/C26H25ClN2O3S/c1-26(2,3)20-11-9-19(10-12-20)23-29-25(33(30,31)22-15-13-21(27)14-16-22)24(32-23)28-17-18-7-5-4-6-8-18/h4-16,28H,17H2,1-3H3. The maximum atomic E-state index is 13.4. The molecule has 0 aliphatic heterocycles. The van der Waals surface area contributed by atoms with Gasteiger partial charge in [-0.15, -0.1) is 0 Å². The van der Waals surface area contributed by atoms with E-state index in [1.807, 2.05) is 54.6 Å². The van der Waals surface area contributed by atoms with Crippen molar-refractivity contribution in [2.75, 3.05) is 5.32 Å². The molecule has 1 N–H and O–H groups in total. The Morgan fingerprint density at radius 1 is 0.909 bits per heavy atom. The van der Waals surface area contributed by atoms with Crippen molar-refractivity contribution in [3.05, 3.63) is 95.0 Å². The van der Waals surface area contributed by atoms with Gasteiger partial charge in [-0.2, -0.15) is 4.98 Å². The van der Waals surface area contributed by atoms with Gasteiger partial charge in [0.2, 0.25) is 26.6 Å². The number of hydrogen-bond acceptors (Lipinski definition) is 5. The highest BCUT2D eigenvalue weighted by molar-refractivity contribution is 7.91. The quantitative estimate of drug-likeness (QED) is 0.331. The molecule has 3 aromatic carbocycles. The molecule has 0 spiro atoms. The van der Waals surface area contributed by atoms with Gasteiger partial charge in [0, 0.05) is 17.1 Å². The predicted molar refractivity (Wildman–Crippen MR) is 131 cm³/mol. The summed E-state index contributed by atoms with van der Waals surface area (Å²) in [4.78, 5) is 4.50. The maximum Gasteiger partial charge on any atom is 0.234 e. The second kappa shape index (κ2) is 9.04. The summed E-state index contributed by atoms with van der Waals surface area (Å²) in [7, 11) is -3.94. The molecule has 0 radical (unpaired) electrons. The summed E-state index contributed by atoms with van der Waals surface area (Å²) in [5, 5.41) is 3.41. The Morgan fingerprint density at radius 3 is 2.15 bits per heavy atom. The van der Waals surface area contributed by atoms with Crippen molar-refractivity contribution in [2.24, 2.45) is 0 Å². The van der Waals surface area contributed by atoms with Crippen molar-refractivity contribution in [3.8, 4) is 11.5 Å². The van der Waals surface area contributed by atoms with Crippen molar-refractivity contribution in [2.45, 2.75) is 42.7 Å². The lowest BCUT2D eigenvalue weighted by Gasteiger charge is -2.18. The molecule has 0 atom stereocenters. The van der Waals surface area contributed by atoms with Gasteiger partial charge >= 0.3 is 0 Å². The fourth-order valence-electron chi connectivity index (χ4n) is 3.34. The summed E-state index contributed by atoms with van der Waals surface area (Å²) in [5.41, 5.74) is 2.85. The number of anilines is 1. The third-order valence-corrected chi connectivity index (χ3v) is 7.20. The van der Waals surface area contributed by atoms with Crippen LogP contribution in [0.2, 0.25) is 5.02 Å². The molecule has 0 unspecified atom stereocenters. The second-order valence-corrected chi connectivity index (χ2v) is 11.1. The zero-order valence-corrected chi connectivity index (χ0v) is 20.2. The molecule has 0 aliphatic carbocycles. The lowest BCUT2D eigenvalue weighted by Crippen LogP contribution is -2.10. The van der Waals surface area contributed by atoms with Crippen molar-refractivity contribution >= 4 is 27.3 Å². The van der Waals surface area contributed by atoms with Crippen LogP contribution >= 0.6 is 11.6 Å². The number of nitrogens with zero attached hydrogens (tertiary/aromatic N) is 1. The van der Waals surface area contributed by atoms with E-state index in [0.29, 0.717) is 17.1 Å². The van der Waals surface area contributed by atoms with Crippen LogP contribution in [-0.2, 0) is 21.8 Å². The number of oxazole rings is 1. The average molecular weight is 481 g/mol. The SMILES string of the molecule is CC(C)(C)c1ccc(-c2nc(S(=O)(=O)c3ccc(Cl)cc3)c(NCc3ccccc3)o2)cc1. The zero-order chi connectivity index (χ0) is 23.6. The van der Waals surface area contributed by atoms with Crippen molar-refractivity contribution in [1.29, 1.82) is 0 Å². The highest BCUT2D eigenvalue weighted by atomic mass is 35.5. The summed E-state index contributed by atoms with van der Waals surface area (Å²) >= 11 is 5.94. The molecule has 0 aliphatic rings. The first-order valence-corrected chi connectivity index (χ1v) is 12.4. The lowest BCUT2D eigenvalue weighted by atomic mass is 9.87. The minimum Gasteiger partial charge on any atom is -0.419 e. The van der Waals surface area contributed by atoms with Gasteiger partial charge in [0.1, 0.15) is 0 Å². The number of nitrogens with one attached hydrogen (secondary N) is 1. The van der Waals surface area contributed by atoms with Gasteiger partial charge in [-0.3, -0.25) is 0 Å². The van der Waals surface area contributed by atoms with Crippen LogP contribution in [0, 0.1) is 0 Å². The minimum absolute atomic E-state index is 0.000600. The maximum absolute atomic E-state index is 13.4. The first-order chi connectivity index (χ1) is 15.6. The Hall–Kier alpha value is -3.09. The largest absolute Gasteiger partial charge is 0.419 e. The monoisotopic (exact) mass is 480 g/mol. The molecule has 0 bridgehead atoms. The Bertz CT molecular complexity index is 1340. The Balaban J connectivity index is 1.75. The molecule has 0 amide bonds. The van der Waals surface area contributed by atoms with Gasteiger partial charge in [0.05, 0.1) is 4.90 Å². The van der Waals surface area contributed by atoms with E-state index in [4.69, 9.17) is 16.0 Å². The Labute approximate surface area is 199 Å². The normalized spacial score (nSPS) is 12.0. The van der Waals surface area contributed by atoms with Crippen LogP contribution in [0.15, 0.2) is 93.2 Å². The first kappa shape index (κ1) is 23.1. The van der Waals surface area contributed by atoms with Crippen LogP contribution in [-0.4, -0.2) is 13.4 Å². The molecular formula is C26H25ClN2O3S. The van der Waals surface area contributed by atoms with E-state index in [9.17, 15) is 8.42 Å². The van der Waals surface area contributed by atoms with Gasteiger partial charge < -0.3 is 9.73 Å². The Morgan fingerprint density at radius 2 is 1.55 bits per heavy atom. The molecule has 1 aromatic heterocycles. The molecule has 33 heavy (non-hydrogen) atoms. The van der Waals surface area contributed by atoms with E-state index in [-0.39, 0.29) is 27.1 Å². The van der Waals surface area contributed by atoms with Gasteiger partial charge in [0.15, 0.2) is 0 Å².